The predicted octanol–water partition coefficient (Wildman–Crippen LogP) is 2.61. The van der Waals surface area contributed by atoms with Gasteiger partial charge in [0.25, 0.3) is 5.56 Å². The van der Waals surface area contributed by atoms with Crippen LogP contribution in [0.15, 0.2) is 28.6 Å². The molecule has 3 rings (SSSR count). The zero-order valence-corrected chi connectivity index (χ0v) is 10.4. The topological polar surface area (TPSA) is 50.7 Å². The largest absolute Gasteiger partial charge is 0.328 e. The molecule has 0 aliphatic heterocycles. The lowest BCUT2D eigenvalue weighted by atomic mass is 10.1. The van der Waals surface area contributed by atoms with Crippen LogP contribution in [0.3, 0.4) is 0 Å². The molecule has 18 heavy (non-hydrogen) atoms. The van der Waals surface area contributed by atoms with Crippen molar-refractivity contribution in [2.24, 2.45) is 0 Å². The quantitative estimate of drug-likeness (QED) is 0.772. The number of hydrogen-bond acceptors (Lipinski definition) is 3. The van der Waals surface area contributed by atoms with E-state index >= 15 is 0 Å². The van der Waals surface area contributed by atoms with Crippen LogP contribution in [0.25, 0.3) is 21.2 Å². The molecule has 0 aromatic carbocycles. The van der Waals surface area contributed by atoms with Gasteiger partial charge in [0.2, 0.25) is 5.95 Å². The minimum Gasteiger partial charge on any atom is -0.328 e. The first-order chi connectivity index (χ1) is 8.72. The first-order valence-electron chi connectivity index (χ1n) is 5.53. The van der Waals surface area contributed by atoms with Gasteiger partial charge in [-0.15, -0.1) is 11.3 Å². The van der Waals surface area contributed by atoms with Crippen molar-refractivity contribution in [2.75, 3.05) is 0 Å². The molecule has 3 aromatic heterocycles. The number of thiophene rings is 1. The van der Waals surface area contributed by atoms with E-state index in [1.807, 2.05) is 6.92 Å². The summed E-state index contributed by atoms with van der Waals surface area (Å²) < 4.78 is 15.9. The third kappa shape index (κ3) is 1.49. The molecule has 0 saturated carbocycles. The Morgan fingerprint density at radius 2 is 2.33 bits per heavy atom. The third-order valence-electron chi connectivity index (χ3n) is 2.86. The third-order valence-corrected chi connectivity index (χ3v) is 3.86. The van der Waals surface area contributed by atoms with Crippen molar-refractivity contribution in [1.29, 1.82) is 0 Å². The van der Waals surface area contributed by atoms with Gasteiger partial charge in [-0.2, -0.15) is 9.49 Å². The first kappa shape index (κ1) is 11.2. The van der Waals surface area contributed by atoms with Crippen molar-refractivity contribution in [3.05, 3.63) is 40.1 Å². The monoisotopic (exact) mass is 263 g/mol. The van der Waals surface area contributed by atoms with E-state index in [1.165, 1.54) is 22.2 Å². The molecule has 3 heterocycles. The molecule has 0 atom stereocenters. The second kappa shape index (κ2) is 4.06. The Bertz CT molecular complexity index is 771. The number of halogens is 1. The minimum absolute atomic E-state index is 0.146. The Labute approximate surface area is 106 Å². The fraction of sp³-hybridized carbons (Fsp3) is 0.167. The van der Waals surface area contributed by atoms with Crippen LogP contribution >= 0.6 is 11.3 Å². The summed E-state index contributed by atoms with van der Waals surface area (Å²) >= 11 is 1.31. The van der Waals surface area contributed by atoms with Crippen molar-refractivity contribution in [1.82, 2.24) is 14.8 Å². The molecule has 0 unspecified atom stereocenters. The van der Waals surface area contributed by atoms with Gasteiger partial charge in [-0.25, -0.2) is 4.68 Å². The smallest absolute Gasteiger partial charge is 0.265 e. The van der Waals surface area contributed by atoms with Crippen LogP contribution in [0.1, 0.15) is 6.92 Å². The van der Waals surface area contributed by atoms with E-state index in [-0.39, 0.29) is 11.5 Å². The van der Waals surface area contributed by atoms with Crippen molar-refractivity contribution < 1.29 is 4.39 Å². The zero-order valence-electron chi connectivity index (χ0n) is 9.61. The highest BCUT2D eigenvalue weighted by atomic mass is 32.1. The number of rotatable bonds is 2. The van der Waals surface area contributed by atoms with E-state index in [1.54, 1.807) is 17.6 Å². The maximum absolute atomic E-state index is 14.0. The van der Waals surface area contributed by atoms with Crippen LogP contribution in [-0.2, 0) is 6.54 Å². The molecule has 92 valence electrons. The van der Waals surface area contributed by atoms with Crippen LogP contribution in [0.5, 0.6) is 0 Å². The summed E-state index contributed by atoms with van der Waals surface area (Å²) in [6.07, 6.45) is 3.07. The number of aromatic nitrogens is 3. The van der Waals surface area contributed by atoms with E-state index in [0.717, 1.165) is 10.9 Å². The molecule has 0 aliphatic carbocycles. The highest BCUT2D eigenvalue weighted by molar-refractivity contribution is 7.17. The number of hydrogen-bond donors (Lipinski definition) is 1. The van der Waals surface area contributed by atoms with E-state index in [9.17, 15) is 9.18 Å². The highest BCUT2D eigenvalue weighted by Crippen LogP contribution is 2.33. The molecular weight excluding hydrogens is 253 g/mol. The number of aromatic amines is 1. The lowest BCUT2D eigenvalue weighted by molar-refractivity contribution is 0.473. The first-order valence-corrected chi connectivity index (χ1v) is 6.41. The van der Waals surface area contributed by atoms with Gasteiger partial charge >= 0.3 is 0 Å². The fourth-order valence-electron chi connectivity index (χ4n) is 1.95. The van der Waals surface area contributed by atoms with Crippen molar-refractivity contribution in [3.8, 4) is 11.1 Å². The van der Waals surface area contributed by atoms with Crippen LogP contribution in [0, 0.1) is 5.95 Å². The molecule has 0 bridgehead atoms. The summed E-state index contributed by atoms with van der Waals surface area (Å²) in [5.41, 5.74) is 1.01. The SMILES string of the molecule is CCn1ncc(-c2csc3c(=O)[nH]ccc23)c1F. The molecule has 0 aliphatic rings. The van der Waals surface area contributed by atoms with E-state index in [4.69, 9.17) is 0 Å². The number of pyridine rings is 1. The Morgan fingerprint density at radius 3 is 3.06 bits per heavy atom. The van der Waals surface area contributed by atoms with Gasteiger partial charge in [0, 0.05) is 29.1 Å². The second-order valence-corrected chi connectivity index (χ2v) is 4.74. The molecule has 6 heteroatoms. The van der Waals surface area contributed by atoms with Gasteiger partial charge in [0.05, 0.1) is 11.8 Å². The Kier molecular flexibility index (Phi) is 2.52. The molecular formula is C12H10FN3OS. The number of nitrogens with one attached hydrogen (secondary N) is 1. The van der Waals surface area contributed by atoms with Crippen molar-refractivity contribution in [3.63, 3.8) is 0 Å². The van der Waals surface area contributed by atoms with Crippen LogP contribution in [0.2, 0.25) is 0 Å². The standard InChI is InChI=1S/C12H10FN3OS/c1-2-16-11(13)8(5-15-16)9-6-18-10-7(9)3-4-14-12(10)17/h3-6H,2H2,1H3,(H,14,17). The molecule has 0 saturated heterocycles. The average molecular weight is 263 g/mol. The zero-order chi connectivity index (χ0) is 12.7. The highest BCUT2D eigenvalue weighted by Gasteiger charge is 2.16. The fourth-order valence-corrected chi connectivity index (χ4v) is 2.92. The van der Waals surface area contributed by atoms with Gasteiger partial charge in [-0.3, -0.25) is 4.79 Å². The van der Waals surface area contributed by atoms with E-state index < -0.39 is 0 Å². The normalized spacial score (nSPS) is 11.2. The molecule has 0 spiro atoms. The van der Waals surface area contributed by atoms with Crippen LogP contribution in [-0.4, -0.2) is 14.8 Å². The van der Waals surface area contributed by atoms with Gasteiger partial charge in [0.15, 0.2) is 0 Å². The number of fused-ring (bicyclic) bond motifs is 1. The van der Waals surface area contributed by atoms with Gasteiger partial charge in [-0.1, -0.05) is 0 Å². The van der Waals surface area contributed by atoms with Crippen LogP contribution < -0.4 is 5.56 Å². The number of nitrogens with zero attached hydrogens (tertiary/aromatic N) is 2. The summed E-state index contributed by atoms with van der Waals surface area (Å²) in [4.78, 5) is 14.2. The summed E-state index contributed by atoms with van der Waals surface area (Å²) in [6.45, 7) is 2.31. The molecule has 0 radical (unpaired) electrons. The van der Waals surface area contributed by atoms with E-state index in [2.05, 4.69) is 10.1 Å². The average Bonchev–Trinajstić information content (AvgIpc) is 2.93. The molecule has 0 amide bonds. The molecule has 1 N–H and O–H groups in total. The summed E-state index contributed by atoms with van der Waals surface area (Å²) in [5.74, 6) is -0.363. The summed E-state index contributed by atoms with van der Waals surface area (Å²) in [5, 5.41) is 6.53. The maximum Gasteiger partial charge on any atom is 0.265 e. The van der Waals surface area contributed by atoms with E-state index in [0.29, 0.717) is 16.8 Å². The predicted molar refractivity (Wildman–Crippen MR) is 69.3 cm³/mol. The molecule has 0 fully saturated rings. The van der Waals surface area contributed by atoms with Gasteiger partial charge < -0.3 is 4.98 Å². The Balaban J connectivity index is 2.29. The summed E-state index contributed by atoms with van der Waals surface area (Å²) in [7, 11) is 0. The molecule has 4 nitrogen and oxygen atoms in total. The number of aryl methyl sites for hydroxylation is 1. The second-order valence-electron chi connectivity index (χ2n) is 3.86. The van der Waals surface area contributed by atoms with Crippen molar-refractivity contribution >= 4 is 21.4 Å². The van der Waals surface area contributed by atoms with Crippen molar-refractivity contribution in [2.45, 2.75) is 13.5 Å². The molecule has 3 aromatic rings. The van der Waals surface area contributed by atoms with Gasteiger partial charge in [0.1, 0.15) is 4.70 Å². The lowest BCUT2D eigenvalue weighted by Crippen LogP contribution is -2.02. The maximum atomic E-state index is 14.0. The van der Waals surface area contributed by atoms with Crippen LogP contribution in [0.4, 0.5) is 4.39 Å². The summed E-state index contributed by atoms with van der Waals surface area (Å²) in [6, 6.07) is 1.78. The Hall–Kier alpha value is -1.95. The Morgan fingerprint density at radius 1 is 1.50 bits per heavy atom. The lowest BCUT2D eigenvalue weighted by Gasteiger charge is -1.98. The minimum atomic E-state index is -0.363. The van der Waals surface area contributed by atoms with Gasteiger partial charge in [-0.05, 0) is 13.0 Å². The number of H-pyrrole nitrogens is 1.